The van der Waals surface area contributed by atoms with Crippen molar-refractivity contribution in [2.45, 2.75) is 57.6 Å². The fourth-order valence-electron chi connectivity index (χ4n) is 4.85. The van der Waals surface area contributed by atoms with Crippen molar-refractivity contribution in [1.29, 1.82) is 0 Å². The zero-order valence-corrected chi connectivity index (χ0v) is 21.1. The van der Waals surface area contributed by atoms with Gasteiger partial charge in [-0.05, 0) is 69.4 Å². The molecule has 0 bridgehead atoms. The molecule has 2 heterocycles. The van der Waals surface area contributed by atoms with Gasteiger partial charge >= 0.3 is 6.61 Å². The number of aromatic nitrogens is 2. The number of alkyl halides is 2. The van der Waals surface area contributed by atoms with E-state index >= 15 is 0 Å². The molecule has 0 radical (unpaired) electrons. The highest BCUT2D eigenvalue weighted by Crippen LogP contribution is 2.50. The number of nitrogens with one attached hydrogen (secondary N) is 1. The molecule has 0 aliphatic heterocycles. The van der Waals surface area contributed by atoms with Crippen molar-refractivity contribution < 1.29 is 27.8 Å². The molecule has 196 valence electrons. The first-order chi connectivity index (χ1) is 17.8. The Hall–Kier alpha value is -3.69. The molecule has 1 N–H and O–H groups in total. The Labute approximate surface area is 213 Å². The highest BCUT2D eigenvalue weighted by atomic mass is 19.3. The summed E-state index contributed by atoms with van der Waals surface area (Å²) in [6.07, 6.45) is 6.74. The second kappa shape index (κ2) is 9.64. The topological polar surface area (TPSA) is 85.2 Å². The van der Waals surface area contributed by atoms with Crippen molar-refractivity contribution in [2.24, 2.45) is 0 Å². The van der Waals surface area contributed by atoms with Gasteiger partial charge in [-0.3, -0.25) is 14.0 Å². The summed E-state index contributed by atoms with van der Waals surface area (Å²) in [7, 11) is 1.38. The third-order valence-corrected chi connectivity index (χ3v) is 7.21. The van der Waals surface area contributed by atoms with Gasteiger partial charge < -0.3 is 19.7 Å². The summed E-state index contributed by atoms with van der Waals surface area (Å²) in [6, 6.07) is 6.87. The van der Waals surface area contributed by atoms with Crippen LogP contribution >= 0.6 is 0 Å². The van der Waals surface area contributed by atoms with Crippen molar-refractivity contribution in [3.63, 3.8) is 0 Å². The van der Waals surface area contributed by atoms with Crippen LogP contribution < -0.4 is 14.8 Å². The summed E-state index contributed by atoms with van der Waals surface area (Å²) in [6.45, 7) is 2.15. The number of fused-ring (bicyclic) bond motifs is 1. The summed E-state index contributed by atoms with van der Waals surface area (Å²) >= 11 is 0. The molecule has 1 aromatic carbocycles. The molecule has 2 aliphatic carbocycles. The first-order valence-electron chi connectivity index (χ1n) is 12.6. The molecule has 0 saturated heterocycles. The van der Waals surface area contributed by atoms with Gasteiger partial charge in [0.1, 0.15) is 22.7 Å². The van der Waals surface area contributed by atoms with Gasteiger partial charge in [-0.25, -0.2) is 4.98 Å². The van der Waals surface area contributed by atoms with Gasteiger partial charge in [0.25, 0.3) is 5.91 Å². The molecular formula is C27H30F2N4O4. The van der Waals surface area contributed by atoms with E-state index in [0.717, 1.165) is 31.2 Å². The van der Waals surface area contributed by atoms with E-state index in [4.69, 9.17) is 9.47 Å². The van der Waals surface area contributed by atoms with Crippen LogP contribution in [0.4, 0.5) is 8.78 Å². The molecule has 3 aromatic rings. The highest BCUT2D eigenvalue weighted by Gasteiger charge is 2.52. The van der Waals surface area contributed by atoms with Crippen LogP contribution in [0.25, 0.3) is 16.9 Å². The van der Waals surface area contributed by atoms with E-state index in [1.54, 1.807) is 12.3 Å². The Morgan fingerprint density at radius 1 is 1.19 bits per heavy atom. The summed E-state index contributed by atoms with van der Waals surface area (Å²) in [5, 5.41) is 2.80. The van der Waals surface area contributed by atoms with Crippen LogP contribution in [-0.2, 0) is 10.2 Å². The number of hydrogen-bond acceptors (Lipinski definition) is 5. The number of pyridine rings is 1. The minimum absolute atomic E-state index is 0.0348. The van der Waals surface area contributed by atoms with Gasteiger partial charge in [-0.2, -0.15) is 8.78 Å². The van der Waals surface area contributed by atoms with E-state index in [1.807, 2.05) is 41.5 Å². The number of halogens is 2. The number of methoxy groups -OCH3 is 1. The van der Waals surface area contributed by atoms with Crippen molar-refractivity contribution in [3.8, 4) is 22.8 Å². The quantitative estimate of drug-likeness (QED) is 0.435. The predicted octanol–water partition coefficient (Wildman–Crippen LogP) is 4.40. The average Bonchev–Trinajstić information content (AvgIpc) is 3.81. The number of amides is 2. The average molecular weight is 513 g/mol. The SMILES string of the molecule is CCN(CC)C(=O)C1(c2ccn3c(-c4cc(OC)c(C(=O)NC5CC5)c(OC(F)F)c4)cnc3c2)CC1. The lowest BCUT2D eigenvalue weighted by Crippen LogP contribution is -2.39. The molecule has 0 atom stereocenters. The summed E-state index contributed by atoms with van der Waals surface area (Å²) in [4.78, 5) is 32.4. The Balaban J connectivity index is 1.53. The molecule has 2 amide bonds. The minimum Gasteiger partial charge on any atom is -0.496 e. The van der Waals surface area contributed by atoms with Gasteiger partial charge in [-0.15, -0.1) is 0 Å². The molecule has 2 fully saturated rings. The number of carbonyl (C=O) groups is 2. The summed E-state index contributed by atoms with van der Waals surface area (Å²) in [5.74, 6) is -0.528. The zero-order chi connectivity index (χ0) is 26.3. The highest BCUT2D eigenvalue weighted by molar-refractivity contribution is 6.01. The Bertz CT molecular complexity index is 1340. The first kappa shape index (κ1) is 25.0. The smallest absolute Gasteiger partial charge is 0.387 e. The number of hydrogen-bond donors (Lipinski definition) is 1. The number of imidazole rings is 1. The Kier molecular flexibility index (Phi) is 6.51. The fraction of sp³-hybridized carbons (Fsp3) is 0.444. The van der Waals surface area contributed by atoms with Crippen LogP contribution in [0.3, 0.4) is 0 Å². The Morgan fingerprint density at radius 2 is 1.89 bits per heavy atom. The van der Waals surface area contributed by atoms with E-state index in [0.29, 0.717) is 30.0 Å². The number of nitrogens with zero attached hydrogens (tertiary/aromatic N) is 3. The number of ether oxygens (including phenoxy) is 2. The largest absolute Gasteiger partial charge is 0.496 e. The fourth-order valence-corrected chi connectivity index (χ4v) is 4.85. The first-order valence-corrected chi connectivity index (χ1v) is 12.6. The molecule has 0 unspecified atom stereocenters. The number of benzene rings is 1. The lowest BCUT2D eigenvalue weighted by atomic mass is 9.95. The molecule has 2 saturated carbocycles. The van der Waals surface area contributed by atoms with E-state index in [1.165, 1.54) is 13.2 Å². The Morgan fingerprint density at radius 3 is 2.49 bits per heavy atom. The second-order valence-corrected chi connectivity index (χ2v) is 9.52. The maximum Gasteiger partial charge on any atom is 0.387 e. The lowest BCUT2D eigenvalue weighted by Gasteiger charge is -2.25. The van der Waals surface area contributed by atoms with Crippen LogP contribution in [0.2, 0.25) is 0 Å². The van der Waals surface area contributed by atoms with Crippen LogP contribution in [-0.4, -0.2) is 59.0 Å². The van der Waals surface area contributed by atoms with E-state index in [9.17, 15) is 18.4 Å². The second-order valence-electron chi connectivity index (χ2n) is 9.52. The van der Waals surface area contributed by atoms with Gasteiger partial charge in [0.15, 0.2) is 0 Å². The van der Waals surface area contributed by atoms with Crippen LogP contribution in [0, 0.1) is 0 Å². The molecule has 5 rings (SSSR count). The molecule has 0 spiro atoms. The van der Waals surface area contributed by atoms with Crippen molar-refractivity contribution in [3.05, 3.63) is 47.8 Å². The molecule has 2 aliphatic rings. The molecule has 37 heavy (non-hydrogen) atoms. The van der Waals surface area contributed by atoms with Gasteiger partial charge in [0.2, 0.25) is 5.91 Å². The standard InChI is InChI=1S/C27H30F2N4O4/c1-4-32(5-2)25(35)27(9-10-27)17-8-11-33-19(15-30-22(33)14-17)16-12-20(36-3)23(21(13-16)37-26(28)29)24(34)31-18-6-7-18/h8,11-15,18,26H,4-7,9-10H2,1-3H3,(H,31,34). The van der Waals surface area contributed by atoms with Crippen LogP contribution in [0.15, 0.2) is 36.7 Å². The van der Waals surface area contributed by atoms with Crippen molar-refractivity contribution >= 4 is 17.5 Å². The zero-order valence-electron chi connectivity index (χ0n) is 21.1. The van der Waals surface area contributed by atoms with Gasteiger partial charge in [0.05, 0.1) is 24.4 Å². The van der Waals surface area contributed by atoms with E-state index in [-0.39, 0.29) is 29.0 Å². The van der Waals surface area contributed by atoms with Crippen molar-refractivity contribution in [1.82, 2.24) is 19.6 Å². The molecule has 10 heteroatoms. The van der Waals surface area contributed by atoms with E-state index < -0.39 is 17.9 Å². The van der Waals surface area contributed by atoms with Gasteiger partial charge in [-0.1, -0.05) is 0 Å². The lowest BCUT2D eigenvalue weighted by molar-refractivity contribution is -0.133. The monoisotopic (exact) mass is 512 g/mol. The maximum atomic E-state index is 13.3. The third kappa shape index (κ3) is 4.60. The number of rotatable bonds is 10. The number of likely N-dealkylation sites (N-methyl/N-ethyl adjacent to an activating group) is 1. The van der Waals surface area contributed by atoms with Crippen LogP contribution in [0.1, 0.15) is 55.5 Å². The molecule has 2 aromatic heterocycles. The number of carbonyl (C=O) groups excluding carboxylic acids is 2. The minimum atomic E-state index is -3.12. The van der Waals surface area contributed by atoms with Crippen molar-refractivity contribution in [2.75, 3.05) is 20.2 Å². The molecular weight excluding hydrogens is 482 g/mol. The van der Waals surface area contributed by atoms with E-state index in [2.05, 4.69) is 10.3 Å². The van der Waals surface area contributed by atoms with Crippen LogP contribution in [0.5, 0.6) is 11.5 Å². The summed E-state index contributed by atoms with van der Waals surface area (Å²) < 4.78 is 38.6. The summed E-state index contributed by atoms with van der Waals surface area (Å²) in [5.41, 5.74) is 2.06. The third-order valence-electron chi connectivity index (χ3n) is 7.21. The molecule has 8 nitrogen and oxygen atoms in total. The predicted molar refractivity (Wildman–Crippen MR) is 133 cm³/mol. The normalized spacial score (nSPS) is 16.1. The van der Waals surface area contributed by atoms with Gasteiger partial charge in [0, 0.05) is 30.9 Å². The maximum absolute atomic E-state index is 13.3.